The lowest BCUT2D eigenvalue weighted by atomic mass is 9.80. The molecule has 2 aromatic carbocycles. The maximum Gasteiger partial charge on any atom is 0.0215 e. The summed E-state index contributed by atoms with van der Waals surface area (Å²) >= 11 is 0. The Morgan fingerprint density at radius 1 is 0.536 bits per heavy atom. The van der Waals surface area contributed by atoms with Gasteiger partial charge in [0.1, 0.15) is 0 Å². The molecule has 151 valence electrons. The highest BCUT2D eigenvalue weighted by Crippen LogP contribution is 2.48. The van der Waals surface area contributed by atoms with Crippen molar-refractivity contribution in [2.75, 3.05) is 0 Å². The third-order valence-electron chi connectivity index (χ3n) is 6.24. The van der Waals surface area contributed by atoms with Crippen LogP contribution in [0.5, 0.6) is 0 Å². The first kappa shape index (κ1) is 21.2. The van der Waals surface area contributed by atoms with Crippen LogP contribution in [0.15, 0.2) is 18.2 Å². The van der Waals surface area contributed by atoms with Gasteiger partial charge in [0.05, 0.1) is 0 Å². The first-order valence-electron chi connectivity index (χ1n) is 11.9. The minimum Gasteiger partial charge on any atom is -0.0651 e. The SMILES string of the molecule is CCCc1cccc2c1-c1c(c(CCC)c(CCC)c(CCC)c1CCC)[CH]2. The smallest absolute Gasteiger partial charge is 0.0215 e. The minimum atomic E-state index is 1.19. The lowest BCUT2D eigenvalue weighted by molar-refractivity contribution is 0.800. The second-order valence-electron chi connectivity index (χ2n) is 8.48. The fourth-order valence-electron chi connectivity index (χ4n) is 5.28. The van der Waals surface area contributed by atoms with Gasteiger partial charge in [-0.1, -0.05) is 84.9 Å². The number of benzene rings is 2. The third kappa shape index (κ3) is 3.80. The molecule has 1 aliphatic rings. The molecule has 1 aliphatic carbocycles. The molecular formula is C28H39. The van der Waals surface area contributed by atoms with Crippen LogP contribution in [0.25, 0.3) is 11.1 Å². The van der Waals surface area contributed by atoms with Crippen molar-refractivity contribution in [1.29, 1.82) is 0 Å². The van der Waals surface area contributed by atoms with Crippen molar-refractivity contribution >= 4 is 0 Å². The highest BCUT2D eigenvalue weighted by Gasteiger charge is 2.30. The van der Waals surface area contributed by atoms with E-state index in [0.717, 1.165) is 0 Å². The van der Waals surface area contributed by atoms with E-state index in [0.29, 0.717) is 0 Å². The standard InChI is InChI=1S/C28H39/c1-6-12-20-17-11-18-21-19-26-24(15-9-4)22(13-7-2)23(14-8-3)25(16-10-5)28(26)27(20)21/h11,17-19H,6-10,12-16H2,1-5H3. The normalized spacial score (nSPS) is 12.3. The van der Waals surface area contributed by atoms with E-state index in [1.807, 2.05) is 0 Å². The molecule has 0 N–H and O–H groups in total. The minimum absolute atomic E-state index is 1.19. The zero-order valence-corrected chi connectivity index (χ0v) is 18.9. The van der Waals surface area contributed by atoms with Crippen molar-refractivity contribution in [3.8, 4) is 11.1 Å². The zero-order chi connectivity index (χ0) is 20.1. The number of aryl methyl sites for hydroxylation is 1. The van der Waals surface area contributed by atoms with Crippen LogP contribution in [-0.2, 0) is 32.1 Å². The van der Waals surface area contributed by atoms with Crippen LogP contribution < -0.4 is 0 Å². The summed E-state index contributed by atoms with van der Waals surface area (Å²) in [5.41, 5.74) is 14.5. The molecule has 0 bridgehead atoms. The first-order chi connectivity index (χ1) is 13.7. The van der Waals surface area contributed by atoms with E-state index in [-0.39, 0.29) is 0 Å². The van der Waals surface area contributed by atoms with Gasteiger partial charge in [-0.15, -0.1) is 0 Å². The van der Waals surface area contributed by atoms with Gasteiger partial charge in [0.2, 0.25) is 0 Å². The molecular weight excluding hydrogens is 336 g/mol. The summed E-state index contributed by atoms with van der Waals surface area (Å²) in [5.74, 6) is 0. The van der Waals surface area contributed by atoms with Crippen molar-refractivity contribution in [2.45, 2.75) is 98.8 Å². The van der Waals surface area contributed by atoms with Crippen LogP contribution in [0.3, 0.4) is 0 Å². The van der Waals surface area contributed by atoms with Gasteiger partial charge < -0.3 is 0 Å². The third-order valence-corrected chi connectivity index (χ3v) is 6.24. The first-order valence-corrected chi connectivity index (χ1v) is 11.9. The molecule has 0 atom stereocenters. The van der Waals surface area contributed by atoms with Gasteiger partial charge in [-0.3, -0.25) is 0 Å². The summed E-state index contributed by atoms with van der Waals surface area (Å²) in [6.07, 6.45) is 14.8. The molecule has 0 aliphatic heterocycles. The molecule has 0 aromatic heterocycles. The second kappa shape index (κ2) is 9.77. The summed E-state index contributed by atoms with van der Waals surface area (Å²) in [6, 6.07) is 6.99. The molecule has 0 heterocycles. The quantitative estimate of drug-likeness (QED) is 0.336. The van der Waals surface area contributed by atoms with Crippen LogP contribution in [0.4, 0.5) is 0 Å². The molecule has 0 unspecified atom stereocenters. The predicted octanol–water partition coefficient (Wildman–Crippen LogP) is 8.03. The van der Waals surface area contributed by atoms with E-state index in [1.54, 1.807) is 44.5 Å². The molecule has 0 heteroatoms. The predicted molar refractivity (Wildman–Crippen MR) is 124 cm³/mol. The average molecular weight is 376 g/mol. The van der Waals surface area contributed by atoms with Crippen molar-refractivity contribution in [1.82, 2.24) is 0 Å². The average Bonchev–Trinajstić information content (AvgIpc) is 3.08. The number of rotatable bonds is 10. The van der Waals surface area contributed by atoms with Gasteiger partial charge in [0.15, 0.2) is 0 Å². The molecule has 28 heavy (non-hydrogen) atoms. The highest BCUT2D eigenvalue weighted by molar-refractivity contribution is 5.88. The second-order valence-corrected chi connectivity index (χ2v) is 8.48. The molecule has 0 fully saturated rings. The highest BCUT2D eigenvalue weighted by atomic mass is 14.3. The summed E-state index contributed by atoms with van der Waals surface area (Å²) in [4.78, 5) is 0. The summed E-state index contributed by atoms with van der Waals surface area (Å²) in [5, 5.41) is 0. The monoisotopic (exact) mass is 375 g/mol. The molecule has 0 spiro atoms. The maximum atomic E-state index is 2.53. The largest absolute Gasteiger partial charge is 0.0651 e. The molecule has 0 saturated heterocycles. The van der Waals surface area contributed by atoms with E-state index < -0.39 is 0 Å². The Balaban J connectivity index is 2.36. The van der Waals surface area contributed by atoms with E-state index in [2.05, 4.69) is 59.2 Å². The maximum absolute atomic E-state index is 2.53. The van der Waals surface area contributed by atoms with Gasteiger partial charge in [-0.25, -0.2) is 0 Å². The van der Waals surface area contributed by atoms with Crippen molar-refractivity contribution in [3.63, 3.8) is 0 Å². The van der Waals surface area contributed by atoms with Crippen LogP contribution in [0.2, 0.25) is 0 Å². The lowest BCUT2D eigenvalue weighted by Gasteiger charge is -2.25. The lowest BCUT2D eigenvalue weighted by Crippen LogP contribution is -2.10. The Morgan fingerprint density at radius 3 is 1.68 bits per heavy atom. The number of hydrogen-bond acceptors (Lipinski definition) is 0. The van der Waals surface area contributed by atoms with Crippen LogP contribution in [0, 0.1) is 6.42 Å². The van der Waals surface area contributed by atoms with Crippen molar-refractivity contribution in [2.24, 2.45) is 0 Å². The molecule has 3 rings (SSSR count). The topological polar surface area (TPSA) is 0 Å². The van der Waals surface area contributed by atoms with E-state index in [4.69, 9.17) is 0 Å². The molecule has 0 nitrogen and oxygen atoms in total. The van der Waals surface area contributed by atoms with Crippen LogP contribution in [0.1, 0.15) is 106 Å². The fraction of sp³-hybridized carbons (Fsp3) is 0.536. The summed E-state index contributed by atoms with van der Waals surface area (Å²) in [6.45, 7) is 11.7. The Bertz CT molecular complexity index is 810. The summed E-state index contributed by atoms with van der Waals surface area (Å²) in [7, 11) is 0. The van der Waals surface area contributed by atoms with Crippen LogP contribution in [-0.4, -0.2) is 0 Å². The van der Waals surface area contributed by atoms with Gasteiger partial charge >= 0.3 is 0 Å². The molecule has 2 aromatic rings. The van der Waals surface area contributed by atoms with Crippen molar-refractivity contribution < 1.29 is 0 Å². The molecule has 1 radical (unpaired) electrons. The molecule has 0 saturated carbocycles. The molecule has 0 amide bonds. The Hall–Kier alpha value is -1.56. The van der Waals surface area contributed by atoms with Crippen LogP contribution >= 0.6 is 0 Å². The van der Waals surface area contributed by atoms with Gasteiger partial charge in [-0.05, 0) is 82.2 Å². The Labute approximate surface area is 173 Å². The Morgan fingerprint density at radius 2 is 1.07 bits per heavy atom. The van der Waals surface area contributed by atoms with Gasteiger partial charge in [0, 0.05) is 6.42 Å². The number of fused-ring (bicyclic) bond motifs is 3. The summed E-state index contributed by atoms with van der Waals surface area (Å²) < 4.78 is 0. The number of hydrogen-bond donors (Lipinski definition) is 0. The van der Waals surface area contributed by atoms with Gasteiger partial charge in [-0.2, -0.15) is 0 Å². The van der Waals surface area contributed by atoms with Crippen molar-refractivity contribution in [3.05, 3.63) is 63.6 Å². The van der Waals surface area contributed by atoms with E-state index >= 15 is 0 Å². The zero-order valence-electron chi connectivity index (χ0n) is 18.9. The fourth-order valence-corrected chi connectivity index (χ4v) is 5.28. The van der Waals surface area contributed by atoms with E-state index in [1.165, 1.54) is 69.8 Å². The Kier molecular flexibility index (Phi) is 7.38. The van der Waals surface area contributed by atoms with Gasteiger partial charge in [0.25, 0.3) is 0 Å². The van der Waals surface area contributed by atoms with E-state index in [9.17, 15) is 0 Å².